The first-order chi connectivity index (χ1) is 11.5. The van der Waals surface area contributed by atoms with Gasteiger partial charge in [-0.2, -0.15) is 0 Å². The van der Waals surface area contributed by atoms with Crippen LogP contribution in [0.15, 0.2) is 18.2 Å². The minimum atomic E-state index is -0.519. The lowest BCUT2D eigenvalue weighted by Crippen LogP contribution is -2.36. The van der Waals surface area contributed by atoms with Gasteiger partial charge < -0.3 is 15.0 Å². The predicted octanol–water partition coefficient (Wildman–Crippen LogP) is 4.14. The van der Waals surface area contributed by atoms with E-state index in [1.54, 1.807) is 35.4 Å². The van der Waals surface area contributed by atoms with Crippen molar-refractivity contribution in [1.82, 2.24) is 9.88 Å². The highest BCUT2D eigenvalue weighted by molar-refractivity contribution is 7.11. The Hall–Kier alpha value is -2.15. The number of aryl methyl sites for hydroxylation is 2. The molecule has 0 radical (unpaired) electrons. The number of rotatable bonds is 3. The topological polar surface area (TPSA) is 54.5 Å². The second-order valence-corrected chi connectivity index (χ2v) is 7.04. The quantitative estimate of drug-likeness (QED) is 0.906. The zero-order valence-electron chi connectivity index (χ0n) is 13.9. The molecule has 7 heteroatoms. The number of carbonyl (C=O) groups excluding carboxylic acids is 1. The fourth-order valence-electron chi connectivity index (χ4n) is 3.02. The molecule has 0 saturated heterocycles. The van der Waals surface area contributed by atoms with E-state index in [1.807, 2.05) is 6.92 Å². The van der Waals surface area contributed by atoms with Crippen LogP contribution in [0.25, 0.3) is 0 Å². The van der Waals surface area contributed by atoms with Gasteiger partial charge in [0.25, 0.3) is 0 Å². The summed E-state index contributed by atoms with van der Waals surface area (Å²) >= 11 is 1.63. The highest BCUT2D eigenvalue weighted by atomic mass is 32.1. The zero-order chi connectivity index (χ0) is 17.3. The number of benzene rings is 1. The Morgan fingerprint density at radius 1 is 1.50 bits per heavy atom. The van der Waals surface area contributed by atoms with Crippen molar-refractivity contribution in [2.45, 2.75) is 32.2 Å². The Labute approximate surface area is 144 Å². The lowest BCUT2D eigenvalue weighted by molar-refractivity contribution is 0.198. The van der Waals surface area contributed by atoms with E-state index in [-0.39, 0.29) is 17.8 Å². The van der Waals surface area contributed by atoms with Crippen LogP contribution >= 0.6 is 11.3 Å². The molecule has 1 N–H and O–H groups in total. The molecule has 0 fully saturated rings. The Kier molecular flexibility index (Phi) is 4.71. The SMILES string of the molecule is COc1cccc(F)c1NC(=O)N(C)C1CCCc2nc(C)sc21. The van der Waals surface area contributed by atoms with E-state index >= 15 is 0 Å². The van der Waals surface area contributed by atoms with Gasteiger partial charge >= 0.3 is 6.03 Å². The van der Waals surface area contributed by atoms with Crippen LogP contribution in [-0.4, -0.2) is 30.1 Å². The lowest BCUT2D eigenvalue weighted by Gasteiger charge is -2.31. The van der Waals surface area contributed by atoms with Crippen molar-refractivity contribution in [1.29, 1.82) is 0 Å². The molecular weight excluding hydrogens is 329 g/mol. The molecule has 0 spiro atoms. The number of carbonyl (C=O) groups is 1. The number of amides is 2. The Morgan fingerprint density at radius 2 is 2.29 bits per heavy atom. The van der Waals surface area contributed by atoms with Gasteiger partial charge in [0.15, 0.2) is 5.82 Å². The van der Waals surface area contributed by atoms with Crippen LogP contribution in [0.5, 0.6) is 5.75 Å². The van der Waals surface area contributed by atoms with Crippen molar-refractivity contribution >= 4 is 23.1 Å². The van der Waals surface area contributed by atoms with Gasteiger partial charge in [-0.15, -0.1) is 11.3 Å². The Balaban J connectivity index is 1.82. The number of urea groups is 1. The molecule has 1 heterocycles. The fraction of sp³-hybridized carbons (Fsp3) is 0.412. The minimum absolute atomic E-state index is 0.0299. The number of nitrogens with one attached hydrogen (secondary N) is 1. The van der Waals surface area contributed by atoms with Crippen molar-refractivity contribution in [2.24, 2.45) is 0 Å². The van der Waals surface area contributed by atoms with E-state index in [0.717, 1.165) is 34.8 Å². The molecule has 1 atom stereocenters. The number of ether oxygens (including phenoxy) is 1. The maximum atomic E-state index is 14.0. The summed E-state index contributed by atoms with van der Waals surface area (Å²) in [4.78, 5) is 19.9. The van der Waals surface area contributed by atoms with E-state index in [4.69, 9.17) is 4.74 Å². The normalized spacial score (nSPS) is 16.4. The highest BCUT2D eigenvalue weighted by Crippen LogP contribution is 2.38. The second-order valence-electron chi connectivity index (χ2n) is 5.81. The average Bonchev–Trinajstić information content (AvgIpc) is 2.95. The molecule has 128 valence electrons. The van der Waals surface area contributed by atoms with Gasteiger partial charge in [-0.1, -0.05) is 6.07 Å². The number of fused-ring (bicyclic) bond motifs is 1. The first kappa shape index (κ1) is 16.7. The van der Waals surface area contributed by atoms with E-state index in [1.165, 1.54) is 13.2 Å². The number of nitrogens with zero attached hydrogens (tertiary/aromatic N) is 2. The number of aromatic nitrogens is 1. The summed E-state index contributed by atoms with van der Waals surface area (Å²) < 4.78 is 19.2. The number of methoxy groups -OCH3 is 1. The van der Waals surface area contributed by atoms with Crippen LogP contribution in [0.3, 0.4) is 0 Å². The van der Waals surface area contributed by atoms with Crippen molar-refractivity contribution < 1.29 is 13.9 Å². The summed E-state index contributed by atoms with van der Waals surface area (Å²) in [5.74, 6) is -0.219. The summed E-state index contributed by atoms with van der Waals surface area (Å²) in [7, 11) is 3.18. The average molecular weight is 349 g/mol. The van der Waals surface area contributed by atoms with Crippen molar-refractivity contribution in [3.63, 3.8) is 0 Å². The summed E-state index contributed by atoms with van der Waals surface area (Å²) in [6, 6.07) is 4.06. The molecule has 1 aliphatic carbocycles. The smallest absolute Gasteiger partial charge is 0.322 e. The van der Waals surface area contributed by atoms with Gasteiger partial charge in [0, 0.05) is 7.05 Å². The molecule has 0 saturated carbocycles. The van der Waals surface area contributed by atoms with E-state index < -0.39 is 5.82 Å². The monoisotopic (exact) mass is 349 g/mol. The van der Waals surface area contributed by atoms with Gasteiger partial charge in [-0.25, -0.2) is 14.2 Å². The minimum Gasteiger partial charge on any atom is -0.494 e. The third-order valence-corrected chi connectivity index (χ3v) is 5.36. The molecule has 24 heavy (non-hydrogen) atoms. The van der Waals surface area contributed by atoms with E-state index in [2.05, 4.69) is 10.3 Å². The second kappa shape index (κ2) is 6.76. The van der Waals surface area contributed by atoms with Gasteiger partial charge in [0.1, 0.15) is 11.4 Å². The molecule has 2 amide bonds. The highest BCUT2D eigenvalue weighted by Gasteiger charge is 2.30. The largest absolute Gasteiger partial charge is 0.494 e. The van der Waals surface area contributed by atoms with Gasteiger partial charge in [0.2, 0.25) is 0 Å². The van der Waals surface area contributed by atoms with E-state index in [0.29, 0.717) is 5.75 Å². The summed E-state index contributed by atoms with van der Waals surface area (Å²) in [5, 5.41) is 3.65. The molecule has 1 aromatic carbocycles. The number of para-hydroxylation sites is 1. The van der Waals surface area contributed by atoms with Crippen LogP contribution in [0.4, 0.5) is 14.9 Å². The number of anilines is 1. The standard InChI is InChI=1S/C17H20FN3O2S/c1-10-19-12-7-5-8-13(16(12)24-10)21(2)17(22)20-15-11(18)6-4-9-14(15)23-3/h4,6,9,13H,5,7-8H2,1-3H3,(H,20,22). The third-order valence-electron chi connectivity index (χ3n) is 4.24. The molecule has 5 nitrogen and oxygen atoms in total. The summed E-state index contributed by atoms with van der Waals surface area (Å²) in [6.07, 6.45) is 2.82. The summed E-state index contributed by atoms with van der Waals surface area (Å²) in [5.41, 5.74) is 1.14. The maximum Gasteiger partial charge on any atom is 0.322 e. The predicted molar refractivity (Wildman–Crippen MR) is 92.3 cm³/mol. The molecule has 1 aromatic heterocycles. The van der Waals surface area contributed by atoms with Gasteiger partial charge in [-0.3, -0.25) is 0 Å². The molecule has 1 aliphatic rings. The van der Waals surface area contributed by atoms with Gasteiger partial charge in [-0.05, 0) is 38.3 Å². The molecular formula is C17H20FN3O2S. The van der Waals surface area contributed by atoms with Crippen molar-refractivity contribution in [3.8, 4) is 5.75 Å². The van der Waals surface area contributed by atoms with Crippen molar-refractivity contribution in [3.05, 3.63) is 39.6 Å². The van der Waals surface area contributed by atoms with Gasteiger partial charge in [0.05, 0.1) is 28.7 Å². The first-order valence-electron chi connectivity index (χ1n) is 7.83. The molecule has 0 bridgehead atoms. The van der Waals surface area contributed by atoms with E-state index in [9.17, 15) is 9.18 Å². The van der Waals surface area contributed by atoms with Crippen LogP contribution in [0.1, 0.15) is 34.5 Å². The zero-order valence-corrected chi connectivity index (χ0v) is 14.7. The third kappa shape index (κ3) is 3.08. The molecule has 0 aliphatic heterocycles. The number of halogens is 1. The van der Waals surface area contributed by atoms with Crippen molar-refractivity contribution in [2.75, 3.05) is 19.5 Å². The summed E-state index contributed by atoms with van der Waals surface area (Å²) in [6.45, 7) is 1.98. The molecule has 3 rings (SSSR count). The fourth-order valence-corrected chi connectivity index (χ4v) is 4.17. The lowest BCUT2D eigenvalue weighted by atomic mass is 9.97. The Bertz CT molecular complexity index is 762. The van der Waals surface area contributed by atoms with Crippen LogP contribution in [0.2, 0.25) is 0 Å². The Morgan fingerprint density at radius 3 is 3.04 bits per heavy atom. The number of thiazole rings is 1. The molecule has 1 unspecified atom stereocenters. The number of hydrogen-bond donors (Lipinski definition) is 1. The van der Waals surface area contributed by atoms with Crippen LogP contribution in [-0.2, 0) is 6.42 Å². The van der Waals surface area contributed by atoms with Crippen LogP contribution in [0, 0.1) is 12.7 Å². The molecule has 2 aromatic rings. The first-order valence-corrected chi connectivity index (χ1v) is 8.65. The number of hydrogen-bond acceptors (Lipinski definition) is 4. The maximum absolute atomic E-state index is 14.0. The van der Waals surface area contributed by atoms with Crippen LogP contribution < -0.4 is 10.1 Å².